The Labute approximate surface area is 133 Å². The molecule has 0 fully saturated rings. The van der Waals surface area contributed by atoms with Gasteiger partial charge in [-0.1, -0.05) is 22.0 Å². The monoisotopic (exact) mass is 377 g/mol. The van der Waals surface area contributed by atoms with Gasteiger partial charge in [-0.15, -0.1) is 0 Å². The summed E-state index contributed by atoms with van der Waals surface area (Å²) in [5.41, 5.74) is 5.25. The van der Waals surface area contributed by atoms with Crippen molar-refractivity contribution < 1.29 is 13.2 Å². The third-order valence-electron chi connectivity index (χ3n) is 2.49. The zero-order valence-electron chi connectivity index (χ0n) is 12.0. The number of nitrogens with two attached hydrogens (primary N) is 1. The fourth-order valence-electron chi connectivity index (χ4n) is 1.43. The minimum atomic E-state index is -3.61. The molecule has 0 atom stereocenters. The zero-order valence-corrected chi connectivity index (χ0v) is 14.4. The van der Waals surface area contributed by atoms with Crippen LogP contribution in [0.15, 0.2) is 33.6 Å². The molecule has 4 N–H and O–H groups in total. The maximum absolute atomic E-state index is 12.0. The Bertz CT molecular complexity index is 597. The molecule has 0 heterocycles. The van der Waals surface area contributed by atoms with Crippen LogP contribution in [0.2, 0.25) is 0 Å². The van der Waals surface area contributed by atoms with E-state index in [2.05, 4.69) is 26.0 Å². The van der Waals surface area contributed by atoms with Crippen LogP contribution in [0.3, 0.4) is 0 Å². The smallest absolute Gasteiger partial charge is 0.240 e. The fraction of sp³-hybridized carbons (Fsp3) is 0.462. The Balaban J connectivity index is 2.46. The summed E-state index contributed by atoms with van der Waals surface area (Å²) in [5, 5.41) is 2.65. The molecule has 0 saturated heterocycles. The average molecular weight is 378 g/mol. The van der Waals surface area contributed by atoms with Crippen LogP contribution in [0, 0.1) is 0 Å². The van der Waals surface area contributed by atoms with Crippen LogP contribution in [0.5, 0.6) is 0 Å². The van der Waals surface area contributed by atoms with Gasteiger partial charge in [-0.3, -0.25) is 4.79 Å². The molecule has 0 bridgehead atoms. The van der Waals surface area contributed by atoms with E-state index < -0.39 is 15.6 Å². The topological polar surface area (TPSA) is 101 Å². The molecule has 0 unspecified atom stereocenters. The van der Waals surface area contributed by atoms with E-state index in [-0.39, 0.29) is 23.8 Å². The van der Waals surface area contributed by atoms with Gasteiger partial charge in [0.1, 0.15) is 0 Å². The van der Waals surface area contributed by atoms with Crippen LogP contribution in [-0.4, -0.2) is 33.0 Å². The van der Waals surface area contributed by atoms with E-state index in [0.717, 1.165) is 0 Å². The molecule has 21 heavy (non-hydrogen) atoms. The molecule has 1 aromatic carbocycles. The van der Waals surface area contributed by atoms with Crippen molar-refractivity contribution in [1.29, 1.82) is 0 Å². The number of hydrogen-bond acceptors (Lipinski definition) is 4. The van der Waals surface area contributed by atoms with Crippen LogP contribution >= 0.6 is 15.9 Å². The molecule has 0 radical (unpaired) electrons. The molecule has 0 spiro atoms. The van der Waals surface area contributed by atoms with Gasteiger partial charge >= 0.3 is 0 Å². The van der Waals surface area contributed by atoms with E-state index in [4.69, 9.17) is 5.73 Å². The van der Waals surface area contributed by atoms with Gasteiger partial charge < -0.3 is 11.1 Å². The highest BCUT2D eigenvalue weighted by molar-refractivity contribution is 9.10. The minimum Gasteiger partial charge on any atom is -0.354 e. The SMILES string of the molecule is CC(C)(N)CNC(=O)CCNS(=O)(=O)c1cccc(Br)c1. The van der Waals surface area contributed by atoms with Crippen molar-refractivity contribution in [3.05, 3.63) is 28.7 Å². The lowest BCUT2D eigenvalue weighted by atomic mass is 10.1. The summed E-state index contributed by atoms with van der Waals surface area (Å²) >= 11 is 3.22. The normalized spacial score (nSPS) is 12.2. The molecular weight excluding hydrogens is 358 g/mol. The second-order valence-corrected chi connectivity index (χ2v) is 8.05. The van der Waals surface area contributed by atoms with Crippen molar-refractivity contribution in [2.45, 2.75) is 30.7 Å². The summed E-state index contributed by atoms with van der Waals surface area (Å²) in [6.07, 6.45) is 0.0588. The van der Waals surface area contributed by atoms with Crippen molar-refractivity contribution in [3.8, 4) is 0 Å². The number of sulfonamides is 1. The third kappa shape index (κ3) is 7.03. The summed E-state index contributed by atoms with van der Waals surface area (Å²) in [5.74, 6) is -0.245. The summed E-state index contributed by atoms with van der Waals surface area (Å²) in [6.45, 7) is 3.96. The molecule has 1 amide bonds. The first-order valence-electron chi connectivity index (χ1n) is 6.41. The molecule has 8 heteroatoms. The Hall–Kier alpha value is -0.960. The van der Waals surface area contributed by atoms with E-state index in [1.165, 1.54) is 12.1 Å². The number of nitrogens with one attached hydrogen (secondary N) is 2. The van der Waals surface area contributed by atoms with Crippen LogP contribution in [0.1, 0.15) is 20.3 Å². The van der Waals surface area contributed by atoms with Gasteiger partial charge in [0.2, 0.25) is 15.9 Å². The predicted octanol–water partition coefficient (Wildman–Crippen LogP) is 0.971. The standard InChI is InChI=1S/C13H20BrN3O3S/c1-13(2,15)9-16-12(18)6-7-17-21(19,20)11-5-3-4-10(14)8-11/h3-5,8,17H,6-7,9,15H2,1-2H3,(H,16,18). The highest BCUT2D eigenvalue weighted by Gasteiger charge is 2.15. The summed E-state index contributed by atoms with van der Waals surface area (Å²) in [7, 11) is -3.61. The molecule has 0 aliphatic heterocycles. The minimum absolute atomic E-state index is 0.0334. The Morgan fingerprint density at radius 2 is 2.05 bits per heavy atom. The van der Waals surface area contributed by atoms with Crippen LogP contribution in [0.4, 0.5) is 0 Å². The molecule has 0 aliphatic carbocycles. The Morgan fingerprint density at radius 3 is 2.62 bits per heavy atom. The number of amides is 1. The first-order valence-corrected chi connectivity index (χ1v) is 8.69. The van der Waals surface area contributed by atoms with Crippen LogP contribution in [-0.2, 0) is 14.8 Å². The number of halogens is 1. The average Bonchev–Trinajstić information content (AvgIpc) is 2.35. The summed E-state index contributed by atoms with van der Waals surface area (Å²) < 4.78 is 27.1. The van der Waals surface area contributed by atoms with Gasteiger partial charge in [-0.2, -0.15) is 0 Å². The molecule has 0 aromatic heterocycles. The van der Waals surface area contributed by atoms with E-state index in [0.29, 0.717) is 11.0 Å². The highest BCUT2D eigenvalue weighted by atomic mass is 79.9. The number of hydrogen-bond donors (Lipinski definition) is 3. The fourth-order valence-corrected chi connectivity index (χ4v) is 3.06. The van der Waals surface area contributed by atoms with Crippen molar-refractivity contribution in [1.82, 2.24) is 10.0 Å². The summed E-state index contributed by atoms with van der Waals surface area (Å²) in [4.78, 5) is 11.7. The quantitative estimate of drug-likeness (QED) is 0.658. The molecule has 0 aliphatic rings. The van der Waals surface area contributed by atoms with E-state index in [1.54, 1.807) is 26.0 Å². The molecule has 6 nitrogen and oxygen atoms in total. The maximum Gasteiger partial charge on any atom is 0.240 e. The van der Waals surface area contributed by atoms with Crippen molar-refractivity contribution in [2.24, 2.45) is 5.73 Å². The second-order valence-electron chi connectivity index (χ2n) is 5.37. The van der Waals surface area contributed by atoms with Crippen molar-refractivity contribution in [2.75, 3.05) is 13.1 Å². The zero-order chi connectivity index (χ0) is 16.1. The van der Waals surface area contributed by atoms with Gasteiger partial charge in [-0.05, 0) is 32.0 Å². The van der Waals surface area contributed by atoms with Gasteiger partial charge in [-0.25, -0.2) is 13.1 Å². The third-order valence-corrected chi connectivity index (χ3v) is 4.44. The number of carbonyl (C=O) groups is 1. The van der Waals surface area contributed by atoms with Gasteiger partial charge in [0, 0.05) is 29.5 Å². The first-order chi connectivity index (χ1) is 9.60. The maximum atomic E-state index is 12.0. The second kappa shape index (κ2) is 7.35. The van der Waals surface area contributed by atoms with E-state index in [9.17, 15) is 13.2 Å². The molecule has 1 rings (SSSR count). The van der Waals surface area contributed by atoms with Crippen LogP contribution in [0.25, 0.3) is 0 Å². The number of rotatable bonds is 7. The van der Waals surface area contributed by atoms with Gasteiger partial charge in [0.05, 0.1) is 4.90 Å². The Morgan fingerprint density at radius 1 is 1.38 bits per heavy atom. The number of benzene rings is 1. The largest absolute Gasteiger partial charge is 0.354 e. The molecule has 0 saturated carbocycles. The number of carbonyl (C=O) groups excluding carboxylic acids is 1. The van der Waals surface area contributed by atoms with Gasteiger partial charge in [0.25, 0.3) is 0 Å². The molecular formula is C13H20BrN3O3S. The van der Waals surface area contributed by atoms with E-state index >= 15 is 0 Å². The Kier molecular flexibility index (Phi) is 6.33. The predicted molar refractivity (Wildman–Crippen MR) is 85.2 cm³/mol. The van der Waals surface area contributed by atoms with Crippen molar-refractivity contribution in [3.63, 3.8) is 0 Å². The lowest BCUT2D eigenvalue weighted by Gasteiger charge is -2.18. The molecule has 1 aromatic rings. The summed E-state index contributed by atoms with van der Waals surface area (Å²) in [6, 6.07) is 6.36. The van der Waals surface area contributed by atoms with Crippen molar-refractivity contribution >= 4 is 31.9 Å². The van der Waals surface area contributed by atoms with E-state index in [1.807, 2.05) is 0 Å². The lowest BCUT2D eigenvalue weighted by molar-refractivity contribution is -0.121. The van der Waals surface area contributed by atoms with Crippen LogP contribution < -0.4 is 15.8 Å². The van der Waals surface area contributed by atoms with Gasteiger partial charge in [0.15, 0.2) is 0 Å². The molecule has 118 valence electrons. The lowest BCUT2D eigenvalue weighted by Crippen LogP contribution is -2.45. The first kappa shape index (κ1) is 18.1. The highest BCUT2D eigenvalue weighted by Crippen LogP contribution is 2.15.